The molecule has 6 heteroatoms. The normalized spacial score (nSPS) is 13.5. The van der Waals surface area contributed by atoms with Gasteiger partial charge in [0.2, 0.25) is 0 Å². The van der Waals surface area contributed by atoms with E-state index in [1.807, 2.05) is 30.3 Å². The van der Waals surface area contributed by atoms with E-state index in [4.69, 9.17) is 0 Å². The molecular formula is C20H12N4O2. The lowest BCUT2D eigenvalue weighted by Crippen LogP contribution is -2.29. The van der Waals surface area contributed by atoms with Crippen molar-refractivity contribution >= 4 is 28.5 Å². The second-order valence-electron chi connectivity index (χ2n) is 5.99. The van der Waals surface area contributed by atoms with Crippen LogP contribution in [0.4, 0.5) is 5.69 Å². The fourth-order valence-electron chi connectivity index (χ4n) is 3.14. The number of carbonyl (C=O) groups is 2. The van der Waals surface area contributed by atoms with E-state index in [1.165, 1.54) is 9.70 Å². The highest BCUT2D eigenvalue weighted by molar-refractivity contribution is 6.34. The molecule has 0 aliphatic carbocycles. The van der Waals surface area contributed by atoms with Crippen LogP contribution < -0.4 is 4.90 Å². The Morgan fingerprint density at radius 1 is 0.615 bits per heavy atom. The third kappa shape index (κ3) is 2.05. The van der Waals surface area contributed by atoms with Gasteiger partial charge in [0, 0.05) is 0 Å². The minimum Gasteiger partial charge on any atom is -0.268 e. The fraction of sp³-hybridized carbons (Fsp3) is 0. The molecule has 5 rings (SSSR count). The lowest BCUT2D eigenvalue weighted by molar-refractivity contribution is 0.0926. The summed E-state index contributed by atoms with van der Waals surface area (Å²) in [7, 11) is 0. The molecule has 0 unspecified atom stereocenters. The molecule has 2 amide bonds. The molecule has 0 fully saturated rings. The molecule has 6 nitrogen and oxygen atoms in total. The Kier molecular flexibility index (Phi) is 2.99. The Morgan fingerprint density at radius 2 is 1.23 bits per heavy atom. The molecule has 3 aromatic carbocycles. The lowest BCUT2D eigenvalue weighted by Gasteiger charge is -2.13. The number of fused-ring (bicyclic) bond motifs is 2. The largest absolute Gasteiger partial charge is 0.268 e. The smallest absolute Gasteiger partial charge is 0.266 e. The topological polar surface area (TPSA) is 68.1 Å². The number of para-hydroxylation sites is 1. The highest BCUT2D eigenvalue weighted by Crippen LogP contribution is 2.29. The highest BCUT2D eigenvalue weighted by Gasteiger charge is 2.36. The van der Waals surface area contributed by atoms with E-state index >= 15 is 0 Å². The number of rotatable bonds is 2. The Labute approximate surface area is 148 Å². The van der Waals surface area contributed by atoms with Crippen molar-refractivity contribution in [3.8, 4) is 5.69 Å². The zero-order chi connectivity index (χ0) is 17.7. The van der Waals surface area contributed by atoms with Gasteiger partial charge in [0.05, 0.1) is 22.5 Å². The van der Waals surface area contributed by atoms with E-state index in [-0.39, 0.29) is 11.8 Å². The van der Waals surface area contributed by atoms with Crippen molar-refractivity contribution in [2.75, 3.05) is 4.90 Å². The van der Waals surface area contributed by atoms with Gasteiger partial charge in [0.1, 0.15) is 11.0 Å². The van der Waals surface area contributed by atoms with E-state index in [0.29, 0.717) is 27.8 Å². The minimum atomic E-state index is -0.319. The van der Waals surface area contributed by atoms with Gasteiger partial charge in [-0.05, 0) is 42.5 Å². The van der Waals surface area contributed by atoms with E-state index in [2.05, 4.69) is 10.2 Å². The Morgan fingerprint density at radius 3 is 1.92 bits per heavy atom. The monoisotopic (exact) mass is 340 g/mol. The first-order valence-corrected chi connectivity index (χ1v) is 8.13. The molecule has 0 saturated carbocycles. The summed E-state index contributed by atoms with van der Waals surface area (Å²) in [6, 6.07) is 21.6. The molecule has 124 valence electrons. The zero-order valence-corrected chi connectivity index (χ0v) is 13.5. The summed E-state index contributed by atoms with van der Waals surface area (Å²) in [5.41, 5.74) is 3.47. The van der Waals surface area contributed by atoms with Crippen LogP contribution in [-0.4, -0.2) is 26.8 Å². The van der Waals surface area contributed by atoms with Crippen LogP contribution in [-0.2, 0) is 0 Å². The molecule has 2 heterocycles. The molecule has 26 heavy (non-hydrogen) atoms. The first-order valence-electron chi connectivity index (χ1n) is 8.13. The van der Waals surface area contributed by atoms with Crippen LogP contribution in [0, 0.1) is 0 Å². The van der Waals surface area contributed by atoms with Gasteiger partial charge in [0.25, 0.3) is 11.8 Å². The summed E-state index contributed by atoms with van der Waals surface area (Å²) < 4.78 is 0. The van der Waals surface area contributed by atoms with Crippen molar-refractivity contribution in [2.45, 2.75) is 0 Å². The van der Waals surface area contributed by atoms with Gasteiger partial charge in [-0.1, -0.05) is 30.3 Å². The third-order valence-corrected chi connectivity index (χ3v) is 4.40. The first kappa shape index (κ1) is 14.5. The third-order valence-electron chi connectivity index (χ3n) is 4.40. The fourth-order valence-corrected chi connectivity index (χ4v) is 3.14. The number of aromatic nitrogens is 3. The molecule has 0 atom stereocenters. The van der Waals surface area contributed by atoms with Crippen molar-refractivity contribution < 1.29 is 9.59 Å². The number of benzene rings is 3. The maximum atomic E-state index is 12.6. The summed E-state index contributed by atoms with van der Waals surface area (Å²) in [5, 5.41) is 8.92. The molecule has 0 N–H and O–H groups in total. The van der Waals surface area contributed by atoms with Gasteiger partial charge >= 0.3 is 0 Å². The van der Waals surface area contributed by atoms with E-state index in [0.717, 1.165) is 5.69 Å². The van der Waals surface area contributed by atoms with E-state index in [9.17, 15) is 9.59 Å². The number of carbonyl (C=O) groups excluding carboxylic acids is 2. The number of anilines is 1. The van der Waals surface area contributed by atoms with Crippen LogP contribution >= 0.6 is 0 Å². The zero-order valence-electron chi connectivity index (χ0n) is 13.5. The van der Waals surface area contributed by atoms with Gasteiger partial charge in [-0.3, -0.25) is 9.59 Å². The number of hydrogen-bond acceptors (Lipinski definition) is 4. The van der Waals surface area contributed by atoms with Crippen LogP contribution in [0.3, 0.4) is 0 Å². The summed E-state index contributed by atoms with van der Waals surface area (Å²) in [6.45, 7) is 0. The molecule has 0 saturated heterocycles. The van der Waals surface area contributed by atoms with Crippen molar-refractivity contribution in [3.05, 3.63) is 83.9 Å². The number of imide groups is 1. The Bertz CT molecular complexity index is 1150. The van der Waals surface area contributed by atoms with Crippen LogP contribution in [0.2, 0.25) is 0 Å². The van der Waals surface area contributed by atoms with Crippen molar-refractivity contribution in [3.63, 3.8) is 0 Å². The average molecular weight is 340 g/mol. The SMILES string of the molecule is O=C1c2ccccc2C(=O)N1c1ccc2nn(-c3ccccc3)nc2c1. The quantitative estimate of drug-likeness (QED) is 0.526. The molecule has 0 radical (unpaired) electrons. The van der Waals surface area contributed by atoms with Crippen LogP contribution in [0.15, 0.2) is 72.8 Å². The Balaban J connectivity index is 1.59. The van der Waals surface area contributed by atoms with Crippen molar-refractivity contribution in [1.82, 2.24) is 15.0 Å². The second kappa shape index (κ2) is 5.35. The second-order valence-corrected chi connectivity index (χ2v) is 5.99. The van der Waals surface area contributed by atoms with Gasteiger partial charge in [0.15, 0.2) is 0 Å². The minimum absolute atomic E-state index is 0.319. The van der Waals surface area contributed by atoms with Gasteiger partial charge in [-0.2, -0.15) is 4.80 Å². The average Bonchev–Trinajstić information content (AvgIpc) is 3.22. The lowest BCUT2D eigenvalue weighted by atomic mass is 10.1. The van der Waals surface area contributed by atoms with Crippen molar-refractivity contribution in [1.29, 1.82) is 0 Å². The first-order chi connectivity index (χ1) is 12.7. The molecular weight excluding hydrogens is 328 g/mol. The molecule has 4 aromatic rings. The number of nitrogens with zero attached hydrogens (tertiary/aromatic N) is 4. The van der Waals surface area contributed by atoms with Gasteiger partial charge < -0.3 is 0 Å². The predicted molar refractivity (Wildman–Crippen MR) is 96.4 cm³/mol. The maximum absolute atomic E-state index is 12.6. The number of hydrogen-bond donors (Lipinski definition) is 0. The van der Waals surface area contributed by atoms with E-state index < -0.39 is 0 Å². The maximum Gasteiger partial charge on any atom is 0.266 e. The van der Waals surface area contributed by atoms with Crippen LogP contribution in [0.1, 0.15) is 20.7 Å². The summed E-state index contributed by atoms with van der Waals surface area (Å²) in [5.74, 6) is -0.638. The van der Waals surface area contributed by atoms with Crippen molar-refractivity contribution in [2.24, 2.45) is 0 Å². The Hall–Kier alpha value is -3.80. The predicted octanol–water partition coefficient (Wildman–Crippen LogP) is 3.22. The van der Waals surface area contributed by atoms with E-state index in [1.54, 1.807) is 42.5 Å². The molecule has 1 aliphatic heterocycles. The van der Waals surface area contributed by atoms with Gasteiger partial charge in [-0.25, -0.2) is 4.90 Å². The molecule has 0 bridgehead atoms. The van der Waals surface area contributed by atoms with Crippen LogP contribution in [0.25, 0.3) is 16.7 Å². The standard InChI is InChI=1S/C20H12N4O2/c25-19-15-8-4-5-9-16(15)20(26)23(19)14-10-11-17-18(12-14)22-24(21-17)13-6-2-1-3-7-13/h1-12H. The molecule has 1 aliphatic rings. The van der Waals surface area contributed by atoms with Gasteiger partial charge in [-0.15, -0.1) is 10.2 Å². The molecule has 1 aromatic heterocycles. The number of amides is 2. The van der Waals surface area contributed by atoms with Crippen LogP contribution in [0.5, 0.6) is 0 Å². The summed E-state index contributed by atoms with van der Waals surface area (Å²) >= 11 is 0. The molecule has 0 spiro atoms. The summed E-state index contributed by atoms with van der Waals surface area (Å²) in [6.07, 6.45) is 0. The summed E-state index contributed by atoms with van der Waals surface area (Å²) in [4.78, 5) is 28.0. The highest BCUT2D eigenvalue weighted by atomic mass is 16.2.